The van der Waals surface area contributed by atoms with Crippen LogP contribution in [0.1, 0.15) is 30.6 Å². The van der Waals surface area contributed by atoms with Crippen LogP contribution in [-0.4, -0.2) is 71.1 Å². The van der Waals surface area contributed by atoms with Crippen LogP contribution in [0.4, 0.5) is 5.82 Å². The minimum Gasteiger partial charge on any atom is -0.352 e. The number of hydrogen-bond acceptors (Lipinski definition) is 5. The highest BCUT2D eigenvalue weighted by Crippen LogP contribution is 2.24. The van der Waals surface area contributed by atoms with Crippen LogP contribution >= 0.6 is 0 Å². The molecule has 1 fully saturated rings. The van der Waals surface area contributed by atoms with E-state index in [1.165, 1.54) is 11.1 Å². The van der Waals surface area contributed by atoms with E-state index in [1.54, 1.807) is 17.0 Å². The molecule has 0 N–H and O–H groups in total. The predicted molar refractivity (Wildman–Crippen MR) is 163 cm³/mol. The number of anilines is 1. The molecule has 3 aromatic carbocycles. The Morgan fingerprint density at radius 2 is 1.37 bits per heavy atom. The maximum atomic E-state index is 13.3. The summed E-state index contributed by atoms with van der Waals surface area (Å²) in [6.07, 6.45) is 0.949. The van der Waals surface area contributed by atoms with Gasteiger partial charge in [-0.1, -0.05) is 93.1 Å². The number of hydrogen-bond donors (Lipinski definition) is 0. The molecule has 1 atom stereocenters. The van der Waals surface area contributed by atoms with Crippen molar-refractivity contribution in [1.29, 1.82) is 0 Å². The lowest BCUT2D eigenvalue weighted by Gasteiger charge is -2.36. The van der Waals surface area contributed by atoms with Gasteiger partial charge in [-0.25, -0.2) is 0 Å². The summed E-state index contributed by atoms with van der Waals surface area (Å²) < 4.78 is 0. The summed E-state index contributed by atoms with van der Waals surface area (Å²) in [5.41, 5.74) is 4.81. The molecule has 0 bridgehead atoms. The molecule has 0 saturated carbocycles. The molecule has 1 saturated heterocycles. The van der Waals surface area contributed by atoms with Crippen molar-refractivity contribution in [3.05, 3.63) is 103 Å². The average Bonchev–Trinajstić information content (AvgIpc) is 3.05. The number of carbonyl (C=O) groups is 2. The van der Waals surface area contributed by atoms with Gasteiger partial charge in [-0.3, -0.25) is 9.59 Å². The van der Waals surface area contributed by atoms with Gasteiger partial charge in [0.2, 0.25) is 5.91 Å². The van der Waals surface area contributed by atoms with Gasteiger partial charge < -0.3 is 14.7 Å². The van der Waals surface area contributed by atoms with Gasteiger partial charge in [-0.05, 0) is 41.3 Å². The van der Waals surface area contributed by atoms with E-state index in [1.807, 2.05) is 53.4 Å². The second-order valence-electron chi connectivity index (χ2n) is 10.7. The zero-order chi connectivity index (χ0) is 28.6. The van der Waals surface area contributed by atoms with E-state index in [4.69, 9.17) is 0 Å². The van der Waals surface area contributed by atoms with Gasteiger partial charge >= 0.3 is 0 Å². The minimum atomic E-state index is -0.0945. The van der Waals surface area contributed by atoms with Crippen LogP contribution in [0.25, 0.3) is 22.4 Å². The van der Waals surface area contributed by atoms with Crippen LogP contribution < -0.4 is 4.90 Å². The molecule has 5 rings (SSSR count). The van der Waals surface area contributed by atoms with Crippen molar-refractivity contribution < 1.29 is 9.59 Å². The molecule has 1 aromatic heterocycles. The van der Waals surface area contributed by atoms with Crippen molar-refractivity contribution in [2.24, 2.45) is 5.92 Å². The third kappa shape index (κ3) is 6.98. The number of nitrogens with zero attached hydrogens (tertiary/aromatic N) is 5. The molecular formula is C34H37N5O2. The third-order valence-electron chi connectivity index (χ3n) is 7.76. The second-order valence-corrected chi connectivity index (χ2v) is 10.7. The number of piperazine rings is 1. The molecule has 1 aliphatic heterocycles. The quantitative estimate of drug-likeness (QED) is 0.271. The first kappa shape index (κ1) is 28.0. The smallest absolute Gasteiger partial charge is 0.254 e. The molecule has 0 aliphatic carbocycles. The zero-order valence-electron chi connectivity index (χ0n) is 23.8. The Morgan fingerprint density at radius 1 is 0.756 bits per heavy atom. The van der Waals surface area contributed by atoms with Gasteiger partial charge in [0.1, 0.15) is 6.54 Å². The summed E-state index contributed by atoms with van der Waals surface area (Å²) in [6, 6.07) is 31.9. The molecule has 1 aliphatic rings. The summed E-state index contributed by atoms with van der Waals surface area (Å²) >= 11 is 0. The lowest BCUT2D eigenvalue weighted by Crippen LogP contribution is -2.52. The van der Waals surface area contributed by atoms with Crippen molar-refractivity contribution in [3.8, 4) is 22.4 Å². The number of amides is 2. The molecule has 0 unspecified atom stereocenters. The summed E-state index contributed by atoms with van der Waals surface area (Å²) in [6.45, 7) is 7.38. The summed E-state index contributed by atoms with van der Waals surface area (Å²) in [5.74, 6) is 1.01. The van der Waals surface area contributed by atoms with Crippen molar-refractivity contribution in [3.63, 3.8) is 0 Å². The van der Waals surface area contributed by atoms with Crippen molar-refractivity contribution in [2.45, 2.75) is 20.3 Å². The number of rotatable bonds is 9. The van der Waals surface area contributed by atoms with Crippen LogP contribution in [0.2, 0.25) is 0 Å². The van der Waals surface area contributed by atoms with Crippen LogP contribution in [0.5, 0.6) is 0 Å². The highest BCUT2D eigenvalue weighted by molar-refractivity contribution is 5.96. The van der Waals surface area contributed by atoms with E-state index in [2.05, 4.69) is 65.3 Å². The lowest BCUT2D eigenvalue weighted by molar-refractivity contribution is -0.132. The first-order chi connectivity index (χ1) is 20.0. The molecule has 210 valence electrons. The largest absolute Gasteiger partial charge is 0.352 e. The van der Waals surface area contributed by atoms with E-state index in [-0.39, 0.29) is 18.4 Å². The van der Waals surface area contributed by atoms with Gasteiger partial charge in [0.15, 0.2) is 5.82 Å². The van der Waals surface area contributed by atoms with Gasteiger partial charge in [-0.15, -0.1) is 10.2 Å². The maximum absolute atomic E-state index is 13.3. The van der Waals surface area contributed by atoms with Crippen molar-refractivity contribution in [1.82, 2.24) is 20.0 Å². The first-order valence-electron chi connectivity index (χ1n) is 14.4. The topological polar surface area (TPSA) is 69.6 Å². The minimum absolute atomic E-state index is 0.0161. The molecule has 0 spiro atoms. The van der Waals surface area contributed by atoms with Crippen LogP contribution in [0, 0.1) is 5.92 Å². The van der Waals surface area contributed by atoms with Crippen LogP contribution in [-0.2, 0) is 4.79 Å². The van der Waals surface area contributed by atoms with Gasteiger partial charge in [0, 0.05) is 43.9 Å². The molecule has 7 nitrogen and oxygen atoms in total. The lowest BCUT2D eigenvalue weighted by atomic mass is 10.0. The maximum Gasteiger partial charge on any atom is 0.254 e. The standard InChI is InChI=1S/C34H37N5O2/c1-3-26(2)24-39(34(41)30-12-8-5-9-13-30)25-33(40)38-22-20-37(21-23-38)32-19-18-31(35-36-32)29-16-14-28(15-17-29)27-10-6-4-7-11-27/h4-19,26H,3,20-25H2,1-2H3/t26-/m0/s1. The molecule has 0 radical (unpaired) electrons. The Labute approximate surface area is 242 Å². The Bertz CT molecular complexity index is 1420. The number of aromatic nitrogens is 2. The molecule has 4 aromatic rings. The van der Waals surface area contributed by atoms with E-state index in [0.717, 1.165) is 23.5 Å². The van der Waals surface area contributed by atoms with Crippen LogP contribution in [0.15, 0.2) is 97.1 Å². The monoisotopic (exact) mass is 547 g/mol. The van der Waals surface area contributed by atoms with Gasteiger partial charge in [-0.2, -0.15) is 0 Å². The Balaban J connectivity index is 1.17. The van der Waals surface area contributed by atoms with E-state index in [0.29, 0.717) is 44.2 Å². The summed E-state index contributed by atoms with van der Waals surface area (Å²) in [5, 5.41) is 8.98. The summed E-state index contributed by atoms with van der Waals surface area (Å²) in [4.78, 5) is 32.2. The predicted octanol–water partition coefficient (Wildman–Crippen LogP) is 5.65. The molecule has 2 heterocycles. The Kier molecular flexibility index (Phi) is 9.04. The normalized spacial score (nSPS) is 14.0. The molecule has 41 heavy (non-hydrogen) atoms. The van der Waals surface area contributed by atoms with Gasteiger partial charge in [0.05, 0.1) is 5.69 Å². The fourth-order valence-electron chi connectivity index (χ4n) is 5.05. The zero-order valence-corrected chi connectivity index (χ0v) is 23.8. The molecule has 7 heteroatoms. The number of carbonyl (C=O) groups excluding carboxylic acids is 2. The fourth-order valence-corrected chi connectivity index (χ4v) is 5.05. The Morgan fingerprint density at radius 3 is 1.98 bits per heavy atom. The fraction of sp³-hybridized carbons (Fsp3) is 0.294. The van der Waals surface area contributed by atoms with Crippen molar-refractivity contribution in [2.75, 3.05) is 44.2 Å². The SMILES string of the molecule is CC[C@H](C)CN(CC(=O)N1CCN(c2ccc(-c3ccc(-c4ccccc4)cc3)nn2)CC1)C(=O)c1ccccc1. The highest BCUT2D eigenvalue weighted by Gasteiger charge is 2.26. The summed E-state index contributed by atoms with van der Waals surface area (Å²) in [7, 11) is 0. The second kappa shape index (κ2) is 13.2. The van der Waals surface area contributed by atoms with Crippen LogP contribution in [0.3, 0.4) is 0 Å². The Hall–Kier alpha value is -4.52. The molecule has 2 amide bonds. The van der Waals surface area contributed by atoms with Gasteiger partial charge in [0.25, 0.3) is 5.91 Å². The third-order valence-corrected chi connectivity index (χ3v) is 7.76. The van der Waals surface area contributed by atoms with E-state index < -0.39 is 0 Å². The number of benzene rings is 3. The van der Waals surface area contributed by atoms with E-state index in [9.17, 15) is 9.59 Å². The highest BCUT2D eigenvalue weighted by atomic mass is 16.2. The van der Waals surface area contributed by atoms with E-state index >= 15 is 0 Å². The average molecular weight is 548 g/mol. The first-order valence-corrected chi connectivity index (χ1v) is 14.4. The van der Waals surface area contributed by atoms with Crippen molar-refractivity contribution >= 4 is 17.6 Å². The molecular weight excluding hydrogens is 510 g/mol.